The molecule has 0 aliphatic rings. The Morgan fingerprint density at radius 3 is 3.10 bits per heavy atom. The van der Waals surface area contributed by atoms with E-state index in [9.17, 15) is 4.79 Å². The fraction of sp³-hybridized carbons (Fsp3) is 0.286. The molecule has 20 heavy (non-hydrogen) atoms. The second-order valence-corrected chi connectivity index (χ2v) is 4.25. The first-order chi connectivity index (χ1) is 9.78. The van der Waals surface area contributed by atoms with Crippen LogP contribution in [0.4, 0.5) is 10.5 Å². The van der Waals surface area contributed by atoms with Gasteiger partial charge in [-0.05, 0) is 18.6 Å². The number of anilines is 1. The second kappa shape index (κ2) is 7.18. The number of imidazole rings is 1. The van der Waals surface area contributed by atoms with E-state index in [1.165, 1.54) is 0 Å². The van der Waals surface area contributed by atoms with E-state index in [0.29, 0.717) is 18.0 Å². The van der Waals surface area contributed by atoms with Crippen molar-refractivity contribution in [2.75, 3.05) is 19.0 Å². The van der Waals surface area contributed by atoms with Gasteiger partial charge in [-0.1, -0.05) is 6.07 Å². The zero-order valence-electron chi connectivity index (χ0n) is 11.3. The van der Waals surface area contributed by atoms with Crippen molar-refractivity contribution in [1.82, 2.24) is 15.3 Å². The van der Waals surface area contributed by atoms with Crippen molar-refractivity contribution in [2.45, 2.75) is 12.8 Å². The third-order valence-corrected chi connectivity index (χ3v) is 2.76. The Hall–Kier alpha value is -2.50. The van der Waals surface area contributed by atoms with E-state index >= 15 is 0 Å². The van der Waals surface area contributed by atoms with Gasteiger partial charge < -0.3 is 20.4 Å². The lowest BCUT2D eigenvalue weighted by atomic mass is 10.3. The lowest BCUT2D eigenvalue weighted by Crippen LogP contribution is -2.29. The molecule has 0 aliphatic carbocycles. The number of carbonyl (C=O) groups is 1. The first kappa shape index (κ1) is 13.9. The zero-order valence-corrected chi connectivity index (χ0v) is 11.3. The molecule has 1 aromatic carbocycles. The van der Waals surface area contributed by atoms with Gasteiger partial charge in [-0.25, -0.2) is 9.78 Å². The number of hydrogen-bond donors (Lipinski definition) is 3. The molecule has 2 rings (SSSR count). The highest BCUT2D eigenvalue weighted by molar-refractivity contribution is 5.89. The van der Waals surface area contributed by atoms with Gasteiger partial charge in [0.05, 0.1) is 7.11 Å². The molecule has 0 atom stereocenters. The summed E-state index contributed by atoms with van der Waals surface area (Å²) in [6.07, 6.45) is 5.15. The van der Waals surface area contributed by atoms with E-state index in [4.69, 9.17) is 4.74 Å². The third-order valence-electron chi connectivity index (χ3n) is 2.76. The minimum absolute atomic E-state index is 0.224. The van der Waals surface area contributed by atoms with Crippen LogP contribution >= 0.6 is 0 Å². The van der Waals surface area contributed by atoms with Crippen molar-refractivity contribution in [3.63, 3.8) is 0 Å². The number of H-pyrrole nitrogens is 1. The van der Waals surface area contributed by atoms with Crippen LogP contribution in [-0.4, -0.2) is 29.7 Å². The van der Waals surface area contributed by atoms with Gasteiger partial charge in [0.15, 0.2) is 0 Å². The summed E-state index contributed by atoms with van der Waals surface area (Å²) in [4.78, 5) is 18.8. The number of aryl methyl sites for hydroxylation is 1. The number of nitrogens with one attached hydrogen (secondary N) is 3. The number of rotatable bonds is 6. The van der Waals surface area contributed by atoms with Crippen LogP contribution in [0.25, 0.3) is 0 Å². The summed E-state index contributed by atoms with van der Waals surface area (Å²) < 4.78 is 5.09. The highest BCUT2D eigenvalue weighted by Gasteiger charge is 2.02. The van der Waals surface area contributed by atoms with Crippen molar-refractivity contribution in [2.24, 2.45) is 0 Å². The molecule has 0 saturated heterocycles. The number of benzene rings is 1. The highest BCUT2D eigenvalue weighted by atomic mass is 16.5. The summed E-state index contributed by atoms with van der Waals surface area (Å²) >= 11 is 0. The first-order valence-electron chi connectivity index (χ1n) is 6.45. The Morgan fingerprint density at radius 2 is 2.35 bits per heavy atom. The van der Waals surface area contributed by atoms with Gasteiger partial charge in [-0.3, -0.25) is 0 Å². The number of aromatic nitrogens is 2. The summed E-state index contributed by atoms with van der Waals surface area (Å²) in [7, 11) is 1.59. The topological polar surface area (TPSA) is 79.0 Å². The number of aromatic amines is 1. The number of carbonyl (C=O) groups excluding carboxylic acids is 1. The average molecular weight is 274 g/mol. The molecule has 2 amide bonds. The standard InChI is InChI=1S/C14H18N4O2/c1-20-12-5-2-4-11(10-12)18-14(19)17-7-3-6-13-15-8-9-16-13/h2,4-5,8-10H,3,6-7H2,1H3,(H,15,16)(H2,17,18,19). The highest BCUT2D eigenvalue weighted by Crippen LogP contribution is 2.16. The number of ether oxygens (including phenoxy) is 1. The SMILES string of the molecule is COc1cccc(NC(=O)NCCCc2ncc[nH]2)c1. The van der Waals surface area contributed by atoms with Gasteiger partial charge in [0, 0.05) is 37.1 Å². The molecule has 1 heterocycles. The predicted octanol–water partition coefficient (Wildman–Crippen LogP) is 2.17. The largest absolute Gasteiger partial charge is 0.497 e. The quantitative estimate of drug-likeness (QED) is 0.706. The Balaban J connectivity index is 1.69. The maximum absolute atomic E-state index is 11.7. The molecule has 0 bridgehead atoms. The molecule has 0 fully saturated rings. The maximum atomic E-state index is 11.7. The van der Waals surface area contributed by atoms with E-state index < -0.39 is 0 Å². The van der Waals surface area contributed by atoms with E-state index in [1.54, 1.807) is 25.6 Å². The van der Waals surface area contributed by atoms with Gasteiger partial charge in [0.25, 0.3) is 0 Å². The Morgan fingerprint density at radius 1 is 1.45 bits per heavy atom. The molecular weight excluding hydrogens is 256 g/mol. The van der Waals surface area contributed by atoms with Crippen LogP contribution in [0, 0.1) is 0 Å². The predicted molar refractivity (Wildman–Crippen MR) is 76.9 cm³/mol. The van der Waals surface area contributed by atoms with E-state index in [-0.39, 0.29) is 6.03 Å². The zero-order chi connectivity index (χ0) is 14.2. The fourth-order valence-corrected chi connectivity index (χ4v) is 1.77. The van der Waals surface area contributed by atoms with Crippen LogP contribution < -0.4 is 15.4 Å². The van der Waals surface area contributed by atoms with E-state index in [2.05, 4.69) is 20.6 Å². The monoisotopic (exact) mass is 274 g/mol. The smallest absolute Gasteiger partial charge is 0.319 e. The van der Waals surface area contributed by atoms with Gasteiger partial charge in [-0.2, -0.15) is 0 Å². The lowest BCUT2D eigenvalue weighted by molar-refractivity contribution is 0.252. The molecule has 3 N–H and O–H groups in total. The molecule has 2 aromatic rings. The van der Waals surface area contributed by atoms with E-state index in [1.807, 2.05) is 18.2 Å². The van der Waals surface area contributed by atoms with Crippen LogP contribution in [0.2, 0.25) is 0 Å². The molecule has 0 saturated carbocycles. The van der Waals surface area contributed by atoms with Crippen LogP contribution in [0.1, 0.15) is 12.2 Å². The molecular formula is C14H18N4O2. The summed E-state index contributed by atoms with van der Waals surface area (Å²) in [5, 5.41) is 5.56. The van der Waals surface area contributed by atoms with E-state index in [0.717, 1.165) is 18.7 Å². The Labute approximate surface area is 117 Å². The van der Waals surface area contributed by atoms with Crippen LogP contribution in [0.5, 0.6) is 5.75 Å². The number of amides is 2. The van der Waals surface area contributed by atoms with Crippen molar-refractivity contribution in [3.05, 3.63) is 42.5 Å². The first-order valence-corrected chi connectivity index (χ1v) is 6.45. The second-order valence-electron chi connectivity index (χ2n) is 4.25. The van der Waals surface area contributed by atoms with Crippen molar-refractivity contribution >= 4 is 11.7 Å². The molecule has 106 valence electrons. The van der Waals surface area contributed by atoms with Gasteiger partial charge in [0.1, 0.15) is 11.6 Å². The van der Waals surface area contributed by atoms with Gasteiger partial charge in [0.2, 0.25) is 0 Å². The average Bonchev–Trinajstić information content (AvgIpc) is 2.97. The summed E-state index contributed by atoms with van der Waals surface area (Å²) in [6, 6.07) is 7.00. The van der Waals surface area contributed by atoms with Gasteiger partial charge >= 0.3 is 6.03 Å². The Bertz CT molecular complexity index is 540. The molecule has 1 aromatic heterocycles. The summed E-state index contributed by atoms with van der Waals surface area (Å²) in [5.74, 6) is 1.64. The third kappa shape index (κ3) is 4.31. The van der Waals surface area contributed by atoms with Crippen molar-refractivity contribution in [3.8, 4) is 5.75 Å². The van der Waals surface area contributed by atoms with Crippen molar-refractivity contribution in [1.29, 1.82) is 0 Å². The fourth-order valence-electron chi connectivity index (χ4n) is 1.77. The minimum Gasteiger partial charge on any atom is -0.497 e. The number of nitrogens with zero attached hydrogens (tertiary/aromatic N) is 1. The maximum Gasteiger partial charge on any atom is 0.319 e. The van der Waals surface area contributed by atoms with Crippen molar-refractivity contribution < 1.29 is 9.53 Å². The lowest BCUT2D eigenvalue weighted by Gasteiger charge is -2.08. The number of methoxy groups -OCH3 is 1. The molecule has 0 unspecified atom stereocenters. The number of urea groups is 1. The molecule has 0 aliphatic heterocycles. The van der Waals surface area contributed by atoms with Gasteiger partial charge in [-0.15, -0.1) is 0 Å². The summed E-state index contributed by atoms with van der Waals surface area (Å²) in [5.41, 5.74) is 0.702. The number of hydrogen-bond acceptors (Lipinski definition) is 3. The van der Waals surface area contributed by atoms with Crippen LogP contribution in [-0.2, 0) is 6.42 Å². The molecule has 0 spiro atoms. The molecule has 6 heteroatoms. The van der Waals surface area contributed by atoms with Crippen LogP contribution in [0.15, 0.2) is 36.7 Å². The minimum atomic E-state index is -0.224. The Kier molecular flexibility index (Phi) is 5.00. The molecule has 0 radical (unpaired) electrons. The molecule has 6 nitrogen and oxygen atoms in total. The summed E-state index contributed by atoms with van der Waals surface area (Å²) in [6.45, 7) is 0.594. The normalized spacial score (nSPS) is 10.1. The van der Waals surface area contributed by atoms with Crippen LogP contribution in [0.3, 0.4) is 0 Å².